The Hall–Kier alpha value is -3.62. The Balaban J connectivity index is 1.56. The number of carbonyl (C=O) groups excluding carboxylic acids is 1. The quantitative estimate of drug-likeness (QED) is 0.445. The number of para-hydroxylation sites is 1. The fraction of sp³-hybridized carbons (Fsp3) is 0.227. The molecule has 6 nitrogen and oxygen atoms in total. The Kier molecular flexibility index (Phi) is 4.53. The van der Waals surface area contributed by atoms with Crippen LogP contribution in [0.25, 0.3) is 17.1 Å². The lowest BCUT2D eigenvalue weighted by molar-refractivity contribution is -0.142. The normalized spacial score (nSPS) is 14.1. The van der Waals surface area contributed by atoms with E-state index in [9.17, 15) is 18.0 Å². The molecular formula is C22H17F3N4O2. The van der Waals surface area contributed by atoms with Crippen LogP contribution in [-0.4, -0.2) is 33.5 Å². The molecule has 31 heavy (non-hydrogen) atoms. The first-order valence-electron chi connectivity index (χ1n) is 9.78. The van der Waals surface area contributed by atoms with Crippen LogP contribution in [0, 0.1) is 0 Å². The van der Waals surface area contributed by atoms with Gasteiger partial charge in [-0.2, -0.15) is 18.3 Å². The number of anilines is 1. The van der Waals surface area contributed by atoms with Gasteiger partial charge >= 0.3 is 6.18 Å². The smallest absolute Gasteiger partial charge is 0.433 e. The van der Waals surface area contributed by atoms with Crippen LogP contribution in [0.15, 0.2) is 59.3 Å². The second-order valence-corrected chi connectivity index (χ2v) is 7.37. The van der Waals surface area contributed by atoms with Gasteiger partial charge < -0.3 is 9.32 Å². The number of rotatable bonds is 4. The summed E-state index contributed by atoms with van der Waals surface area (Å²) < 4.78 is 46.9. The van der Waals surface area contributed by atoms with Gasteiger partial charge in [0.25, 0.3) is 0 Å². The summed E-state index contributed by atoms with van der Waals surface area (Å²) in [5.74, 6) is -0.165. The van der Waals surface area contributed by atoms with Gasteiger partial charge in [-0.1, -0.05) is 18.2 Å². The van der Waals surface area contributed by atoms with E-state index in [1.165, 1.54) is 12.3 Å². The average Bonchev–Trinajstić information content (AvgIpc) is 3.42. The summed E-state index contributed by atoms with van der Waals surface area (Å²) in [6.07, 6.45) is -0.341. The predicted octanol–water partition coefficient (Wildman–Crippen LogP) is 4.64. The van der Waals surface area contributed by atoms with Gasteiger partial charge in [0, 0.05) is 12.2 Å². The number of aromatic nitrogens is 3. The zero-order valence-electron chi connectivity index (χ0n) is 16.3. The van der Waals surface area contributed by atoms with Gasteiger partial charge in [0.2, 0.25) is 0 Å². The number of fused-ring (bicyclic) bond motifs is 2. The fourth-order valence-electron chi connectivity index (χ4n) is 3.95. The Labute approximate surface area is 174 Å². The minimum Gasteiger partial charge on any atom is -0.463 e. The Morgan fingerprint density at radius 3 is 2.77 bits per heavy atom. The SMILES string of the molecule is O=C(CN1CCCc2ccccc21)c1cnn2c(C(F)(F)F)cc(-c3ccco3)nc12. The van der Waals surface area contributed by atoms with E-state index < -0.39 is 11.9 Å². The lowest BCUT2D eigenvalue weighted by Crippen LogP contribution is -2.34. The van der Waals surface area contributed by atoms with Gasteiger partial charge in [-0.15, -0.1) is 0 Å². The van der Waals surface area contributed by atoms with Gasteiger partial charge in [0.1, 0.15) is 5.69 Å². The third-order valence-electron chi connectivity index (χ3n) is 5.38. The summed E-state index contributed by atoms with van der Waals surface area (Å²) in [6, 6.07) is 11.8. The van der Waals surface area contributed by atoms with Crippen LogP contribution in [0.3, 0.4) is 0 Å². The Morgan fingerprint density at radius 1 is 1.16 bits per heavy atom. The van der Waals surface area contributed by atoms with Crippen molar-refractivity contribution < 1.29 is 22.4 Å². The average molecular weight is 426 g/mol. The molecular weight excluding hydrogens is 409 g/mol. The number of aryl methyl sites for hydroxylation is 1. The van der Waals surface area contributed by atoms with E-state index >= 15 is 0 Å². The molecule has 0 aliphatic carbocycles. The highest BCUT2D eigenvalue weighted by molar-refractivity contribution is 6.04. The molecule has 0 atom stereocenters. The van der Waals surface area contributed by atoms with Gasteiger partial charge in [0.15, 0.2) is 22.9 Å². The molecule has 0 amide bonds. The molecule has 158 valence electrons. The number of carbonyl (C=O) groups is 1. The standard InChI is InChI=1S/C22H17F3N4O2/c23-22(24,25)20-11-16(19-8-4-10-31-19)27-21-15(12-26-29(20)21)18(30)13-28-9-3-6-14-5-1-2-7-17(14)28/h1-2,4-5,7-8,10-12H,3,6,9,13H2. The van der Waals surface area contributed by atoms with Crippen molar-refractivity contribution in [1.29, 1.82) is 0 Å². The molecule has 0 N–H and O–H groups in total. The number of hydrogen-bond acceptors (Lipinski definition) is 5. The second kappa shape index (κ2) is 7.26. The summed E-state index contributed by atoms with van der Waals surface area (Å²) in [5.41, 5.74) is 0.991. The Morgan fingerprint density at radius 2 is 2.00 bits per heavy atom. The molecule has 5 rings (SSSR count). The maximum Gasteiger partial charge on any atom is 0.433 e. The molecule has 0 fully saturated rings. The number of ketones is 1. The summed E-state index contributed by atoms with van der Waals surface area (Å²) in [4.78, 5) is 19.3. The van der Waals surface area contributed by atoms with Crippen molar-refractivity contribution in [3.63, 3.8) is 0 Å². The van der Waals surface area contributed by atoms with E-state index in [1.54, 1.807) is 6.07 Å². The van der Waals surface area contributed by atoms with Crippen LogP contribution in [-0.2, 0) is 12.6 Å². The summed E-state index contributed by atoms with van der Waals surface area (Å²) in [6.45, 7) is 0.729. The molecule has 0 radical (unpaired) electrons. The molecule has 0 unspecified atom stereocenters. The first-order valence-corrected chi connectivity index (χ1v) is 9.78. The van der Waals surface area contributed by atoms with Crippen molar-refractivity contribution >= 4 is 17.1 Å². The molecule has 0 saturated carbocycles. The van der Waals surface area contributed by atoms with Crippen LogP contribution in [0.5, 0.6) is 0 Å². The van der Waals surface area contributed by atoms with Gasteiger partial charge in [-0.05, 0) is 42.7 Å². The maximum absolute atomic E-state index is 13.7. The minimum absolute atomic E-state index is 0.0114. The van der Waals surface area contributed by atoms with E-state index in [0.717, 1.165) is 36.4 Å². The largest absolute Gasteiger partial charge is 0.463 e. The number of Topliss-reactive ketones (excluding diaryl/α,β-unsaturated/α-hetero) is 1. The highest BCUT2D eigenvalue weighted by Gasteiger charge is 2.36. The molecule has 1 aliphatic heterocycles. The number of nitrogens with zero attached hydrogens (tertiary/aromatic N) is 4. The van der Waals surface area contributed by atoms with Crippen LogP contribution in [0.2, 0.25) is 0 Å². The zero-order chi connectivity index (χ0) is 21.6. The molecule has 4 aromatic rings. The van der Waals surface area contributed by atoms with Gasteiger partial charge in [-0.3, -0.25) is 4.79 Å². The molecule has 0 bridgehead atoms. The monoisotopic (exact) mass is 426 g/mol. The van der Waals surface area contributed by atoms with Crippen LogP contribution in [0.4, 0.5) is 18.9 Å². The number of hydrogen-bond donors (Lipinski definition) is 0. The number of halogens is 3. The third-order valence-corrected chi connectivity index (χ3v) is 5.38. The molecule has 1 aliphatic rings. The highest BCUT2D eigenvalue weighted by atomic mass is 19.4. The predicted molar refractivity (Wildman–Crippen MR) is 107 cm³/mol. The van der Waals surface area contributed by atoms with Crippen molar-refractivity contribution in [2.24, 2.45) is 0 Å². The van der Waals surface area contributed by atoms with Crippen molar-refractivity contribution in [3.8, 4) is 11.5 Å². The van der Waals surface area contributed by atoms with Crippen molar-refractivity contribution in [2.75, 3.05) is 18.0 Å². The summed E-state index contributed by atoms with van der Waals surface area (Å²) in [5, 5.41) is 3.83. The van der Waals surface area contributed by atoms with Crippen molar-refractivity contribution in [2.45, 2.75) is 19.0 Å². The molecule has 1 aromatic carbocycles. The second-order valence-electron chi connectivity index (χ2n) is 7.37. The van der Waals surface area contributed by atoms with Crippen LogP contribution >= 0.6 is 0 Å². The third kappa shape index (κ3) is 3.45. The highest BCUT2D eigenvalue weighted by Crippen LogP contribution is 2.33. The molecule has 0 saturated heterocycles. The lowest BCUT2D eigenvalue weighted by Gasteiger charge is -2.30. The zero-order valence-corrected chi connectivity index (χ0v) is 16.3. The van der Waals surface area contributed by atoms with Crippen molar-refractivity contribution in [1.82, 2.24) is 14.6 Å². The molecule has 3 aromatic heterocycles. The number of benzene rings is 1. The van der Waals surface area contributed by atoms with Crippen LogP contribution < -0.4 is 4.90 Å². The summed E-state index contributed by atoms with van der Waals surface area (Å²) >= 11 is 0. The van der Waals surface area contributed by atoms with Crippen LogP contribution in [0.1, 0.15) is 28.0 Å². The van der Waals surface area contributed by atoms with E-state index in [2.05, 4.69) is 10.1 Å². The molecule has 0 spiro atoms. The fourth-order valence-corrected chi connectivity index (χ4v) is 3.95. The van der Waals surface area contributed by atoms with Gasteiger partial charge in [0.05, 0.1) is 24.6 Å². The first kappa shape index (κ1) is 19.3. The Bertz CT molecular complexity index is 1260. The van der Waals surface area contributed by atoms with E-state index in [-0.39, 0.29) is 35.0 Å². The maximum atomic E-state index is 13.7. The minimum atomic E-state index is -4.68. The van der Waals surface area contributed by atoms with E-state index in [4.69, 9.17) is 4.42 Å². The molecule has 4 heterocycles. The van der Waals surface area contributed by atoms with E-state index in [0.29, 0.717) is 11.1 Å². The lowest BCUT2D eigenvalue weighted by atomic mass is 10.0. The van der Waals surface area contributed by atoms with Crippen molar-refractivity contribution in [3.05, 3.63) is 71.7 Å². The number of alkyl halides is 3. The van der Waals surface area contributed by atoms with E-state index in [1.807, 2.05) is 29.2 Å². The summed E-state index contributed by atoms with van der Waals surface area (Å²) in [7, 11) is 0. The first-order chi connectivity index (χ1) is 14.9. The number of furan rings is 1. The van der Waals surface area contributed by atoms with Gasteiger partial charge in [-0.25, -0.2) is 9.50 Å². The molecule has 9 heteroatoms. The topological polar surface area (TPSA) is 63.6 Å².